The van der Waals surface area contributed by atoms with E-state index in [1.807, 2.05) is 12.3 Å². The van der Waals surface area contributed by atoms with Crippen molar-refractivity contribution < 1.29 is 19.5 Å². The maximum absolute atomic E-state index is 13.2. The molecule has 6 N–H and O–H groups in total. The lowest BCUT2D eigenvalue weighted by molar-refractivity contribution is -0.352. The first-order valence-electron chi connectivity index (χ1n) is 10.9. The van der Waals surface area contributed by atoms with Crippen LogP contribution in [0.5, 0.6) is 5.75 Å². The average molecular weight is 509 g/mol. The normalized spacial score (nSPS) is 13.4. The van der Waals surface area contributed by atoms with Gasteiger partial charge in [-0.1, -0.05) is 38.8 Å². The Labute approximate surface area is 206 Å². The fourth-order valence-electron chi connectivity index (χ4n) is 3.06. The Hall–Kier alpha value is -2.39. The maximum Gasteiger partial charge on any atom is 0.287 e. The van der Waals surface area contributed by atoms with Crippen LogP contribution in [0.15, 0.2) is 29.1 Å². The molecule has 34 heavy (non-hydrogen) atoms. The lowest BCUT2D eigenvalue weighted by Crippen LogP contribution is -2.72. The van der Waals surface area contributed by atoms with Crippen LogP contribution >= 0.6 is 20.3 Å². The number of aromatic hydroxyl groups is 1. The van der Waals surface area contributed by atoms with Gasteiger partial charge in [-0.25, -0.2) is 9.67 Å². The van der Waals surface area contributed by atoms with Crippen LogP contribution in [0.25, 0.3) is 6.08 Å². The standard InChI is InChI=1S/C23H34N5O4PS/c1-7-9-17-20(29)19(22(30)28(26-17)13-12-23(3,4)5)21(24)25-16-11-10-15(27-34-6)14-18(16)33(31)32-8-2/h7,9-11,14,27,29,31H,8,12-13H2,1-6H3,(H2,24,25)/p+1/b9-7+. The molecule has 186 valence electrons. The number of rotatable bonds is 10. The Morgan fingerprint density at radius 3 is 2.71 bits per heavy atom. The maximum atomic E-state index is 13.2. The van der Waals surface area contributed by atoms with E-state index in [2.05, 4.69) is 35.6 Å². The van der Waals surface area contributed by atoms with E-state index in [0.717, 1.165) is 5.69 Å². The van der Waals surface area contributed by atoms with Gasteiger partial charge in [0.2, 0.25) is 8.38 Å². The number of benzene rings is 1. The zero-order chi connectivity index (χ0) is 25.5. The number of anilines is 1. The highest BCUT2D eigenvalue weighted by Gasteiger charge is 2.25. The molecule has 0 saturated carbocycles. The van der Waals surface area contributed by atoms with Gasteiger partial charge in [0.1, 0.15) is 11.4 Å². The monoisotopic (exact) mass is 508 g/mol. The van der Waals surface area contributed by atoms with E-state index in [1.54, 1.807) is 38.1 Å². The third-order valence-electron chi connectivity index (χ3n) is 4.77. The quantitative estimate of drug-likeness (QED) is 0.143. The summed E-state index contributed by atoms with van der Waals surface area (Å²) in [7, 11) is -1.93. The highest BCUT2D eigenvalue weighted by molar-refractivity contribution is 7.99. The number of hydrogen-bond acceptors (Lipinski definition) is 7. The highest BCUT2D eigenvalue weighted by atomic mass is 32.2. The topological polar surface area (TPSA) is 137 Å². The van der Waals surface area contributed by atoms with E-state index in [0.29, 0.717) is 30.6 Å². The summed E-state index contributed by atoms with van der Waals surface area (Å²) in [6, 6.07) is 5.30. The second kappa shape index (κ2) is 12.4. The van der Waals surface area contributed by atoms with Crippen LogP contribution in [0.2, 0.25) is 0 Å². The fraction of sp³-hybridized carbons (Fsp3) is 0.435. The minimum absolute atomic E-state index is 0.00747. The molecule has 9 nitrogen and oxygen atoms in total. The molecule has 0 aliphatic rings. The van der Waals surface area contributed by atoms with E-state index in [1.165, 1.54) is 16.6 Å². The molecule has 2 rings (SSSR count). The molecule has 1 aromatic heterocycles. The number of aryl methyl sites for hydroxylation is 1. The molecule has 1 aromatic carbocycles. The van der Waals surface area contributed by atoms with Gasteiger partial charge >= 0.3 is 0 Å². The van der Waals surface area contributed by atoms with Crippen molar-refractivity contribution in [2.75, 3.05) is 17.6 Å². The Bertz CT molecular complexity index is 1110. The Morgan fingerprint density at radius 1 is 1.41 bits per heavy atom. The van der Waals surface area contributed by atoms with E-state index < -0.39 is 13.9 Å². The van der Waals surface area contributed by atoms with Crippen molar-refractivity contribution in [2.24, 2.45) is 11.1 Å². The summed E-state index contributed by atoms with van der Waals surface area (Å²) in [5.41, 5.74) is 7.23. The summed E-state index contributed by atoms with van der Waals surface area (Å²) in [6.45, 7) is 10.5. The minimum Gasteiger partial charge on any atom is -0.505 e. The molecule has 1 atom stereocenters. The number of nitrogens with two attached hydrogens (primary N) is 1. The van der Waals surface area contributed by atoms with Crippen LogP contribution in [0, 0.1) is 5.41 Å². The number of nitrogen functional groups attached to an aromatic ring is 1. The number of nitrogens with zero attached hydrogens (tertiary/aromatic N) is 2. The lowest BCUT2D eigenvalue weighted by atomic mass is 9.92. The molecule has 1 heterocycles. The van der Waals surface area contributed by atoms with Gasteiger partial charge < -0.3 is 19.2 Å². The van der Waals surface area contributed by atoms with Crippen LogP contribution in [-0.4, -0.2) is 38.5 Å². The largest absolute Gasteiger partial charge is 0.505 e. The molecule has 0 saturated heterocycles. The summed E-state index contributed by atoms with van der Waals surface area (Å²) in [4.78, 5) is 26.8. The first-order valence-corrected chi connectivity index (χ1v) is 13.4. The molecular weight excluding hydrogens is 473 g/mol. The van der Waals surface area contributed by atoms with Gasteiger partial charge in [0.25, 0.3) is 11.4 Å². The SMILES string of the molecule is C/C=C/c1nn(CCC(C)(C)C)c(=O)c(C(N)=[NH+]c2ccc(NSC)cc2P(O)OCC)c1O. The predicted molar refractivity (Wildman–Crippen MR) is 142 cm³/mol. The number of amidine groups is 1. The van der Waals surface area contributed by atoms with E-state index in [9.17, 15) is 14.8 Å². The van der Waals surface area contributed by atoms with Crippen molar-refractivity contribution in [3.05, 3.63) is 45.9 Å². The van der Waals surface area contributed by atoms with Crippen LogP contribution < -0.4 is 26.3 Å². The van der Waals surface area contributed by atoms with Gasteiger partial charge in [-0.3, -0.25) is 10.5 Å². The molecule has 0 spiro atoms. The van der Waals surface area contributed by atoms with E-state index in [4.69, 9.17) is 10.3 Å². The van der Waals surface area contributed by atoms with Gasteiger partial charge in [-0.2, -0.15) is 5.10 Å². The van der Waals surface area contributed by atoms with Gasteiger partial charge in [-0.15, -0.1) is 0 Å². The number of allylic oxidation sites excluding steroid dienone is 1. The Kier molecular flexibility index (Phi) is 10.1. The zero-order valence-electron chi connectivity index (χ0n) is 20.5. The second-order valence-corrected chi connectivity index (χ2v) is 10.6. The molecule has 0 aliphatic heterocycles. The molecule has 0 fully saturated rings. The van der Waals surface area contributed by atoms with Crippen molar-refractivity contribution in [1.82, 2.24) is 9.78 Å². The van der Waals surface area contributed by atoms with E-state index >= 15 is 0 Å². The molecule has 0 bridgehead atoms. The Balaban J connectivity index is 2.65. The van der Waals surface area contributed by atoms with Gasteiger partial charge in [0.05, 0.1) is 11.9 Å². The summed E-state index contributed by atoms with van der Waals surface area (Å²) in [6.07, 6.45) is 5.95. The van der Waals surface area contributed by atoms with Crippen molar-refractivity contribution in [2.45, 2.75) is 47.6 Å². The van der Waals surface area contributed by atoms with Crippen molar-refractivity contribution in [1.29, 1.82) is 0 Å². The van der Waals surface area contributed by atoms with E-state index in [-0.39, 0.29) is 28.3 Å². The summed E-state index contributed by atoms with van der Waals surface area (Å²) >= 11 is 1.42. The third kappa shape index (κ3) is 7.30. The van der Waals surface area contributed by atoms with Crippen LogP contribution in [0.4, 0.5) is 11.4 Å². The fourth-order valence-corrected chi connectivity index (χ4v) is 4.40. The molecule has 11 heteroatoms. The molecular formula is C23H35N5O4PS+. The van der Waals surface area contributed by atoms with Crippen LogP contribution in [-0.2, 0) is 11.1 Å². The minimum atomic E-state index is -1.93. The molecule has 0 radical (unpaired) electrons. The first-order chi connectivity index (χ1) is 16.0. The molecule has 2 aromatic rings. The molecule has 1 unspecified atom stereocenters. The average Bonchev–Trinajstić information content (AvgIpc) is 2.75. The predicted octanol–water partition coefficient (Wildman–Crippen LogP) is 2.19. The summed E-state index contributed by atoms with van der Waals surface area (Å²) in [5, 5.41) is 15.6. The van der Waals surface area contributed by atoms with Crippen LogP contribution in [0.1, 0.15) is 52.3 Å². The lowest BCUT2D eigenvalue weighted by Gasteiger charge is -2.18. The number of hydrogen-bond donors (Lipinski definition) is 5. The Morgan fingerprint density at radius 2 is 2.12 bits per heavy atom. The van der Waals surface area contributed by atoms with Crippen molar-refractivity contribution >= 4 is 48.9 Å². The van der Waals surface area contributed by atoms with Gasteiger partial charge in [0.15, 0.2) is 11.3 Å². The van der Waals surface area contributed by atoms with Gasteiger partial charge in [-0.05, 0) is 50.0 Å². The number of aromatic nitrogens is 2. The van der Waals surface area contributed by atoms with Crippen LogP contribution in [0.3, 0.4) is 0 Å². The second-order valence-electron chi connectivity index (χ2n) is 8.72. The van der Waals surface area contributed by atoms with Gasteiger partial charge in [0, 0.05) is 18.5 Å². The molecule has 0 aliphatic carbocycles. The zero-order valence-corrected chi connectivity index (χ0v) is 22.3. The highest BCUT2D eigenvalue weighted by Crippen LogP contribution is 2.33. The summed E-state index contributed by atoms with van der Waals surface area (Å²) in [5.74, 6) is -0.356. The third-order valence-corrected chi connectivity index (χ3v) is 6.49. The summed E-state index contributed by atoms with van der Waals surface area (Å²) < 4.78 is 9.88. The smallest absolute Gasteiger partial charge is 0.287 e. The van der Waals surface area contributed by atoms with Crippen molar-refractivity contribution in [3.8, 4) is 5.75 Å². The first kappa shape index (κ1) is 27.9. The molecule has 0 amide bonds. The number of nitrogens with one attached hydrogen (secondary N) is 2. The van der Waals surface area contributed by atoms with Crippen molar-refractivity contribution in [3.63, 3.8) is 0 Å².